The third-order valence-corrected chi connectivity index (χ3v) is 4.67. The number of fused-ring (bicyclic) bond motifs is 1. The van der Waals surface area contributed by atoms with E-state index in [4.69, 9.17) is 0 Å². The van der Waals surface area contributed by atoms with Gasteiger partial charge in [-0.25, -0.2) is 4.98 Å². The third kappa shape index (κ3) is 3.18. The second-order valence-corrected chi connectivity index (χ2v) is 6.31. The van der Waals surface area contributed by atoms with E-state index >= 15 is 0 Å². The highest BCUT2D eigenvalue weighted by Crippen LogP contribution is 2.05. The van der Waals surface area contributed by atoms with Crippen molar-refractivity contribution in [3.05, 3.63) is 33.7 Å². The van der Waals surface area contributed by atoms with E-state index < -0.39 is 0 Å². The highest BCUT2D eigenvalue weighted by atomic mass is 32.1. The largest absolute Gasteiger partial charge is 0.351 e. The molecule has 1 aliphatic heterocycles. The van der Waals surface area contributed by atoms with Crippen molar-refractivity contribution in [2.75, 3.05) is 46.3 Å². The van der Waals surface area contributed by atoms with Gasteiger partial charge in [-0.05, 0) is 7.05 Å². The van der Waals surface area contributed by atoms with E-state index in [9.17, 15) is 9.59 Å². The van der Waals surface area contributed by atoms with E-state index in [1.165, 1.54) is 21.9 Å². The molecule has 3 rings (SSSR count). The van der Waals surface area contributed by atoms with Crippen LogP contribution in [-0.4, -0.2) is 71.4 Å². The van der Waals surface area contributed by atoms with Crippen molar-refractivity contribution in [3.63, 3.8) is 0 Å². The number of nitrogens with one attached hydrogen (secondary N) is 1. The van der Waals surface area contributed by atoms with E-state index in [-0.39, 0.29) is 17.0 Å². The Morgan fingerprint density at radius 3 is 2.91 bits per heavy atom. The molecule has 2 aromatic rings. The highest BCUT2D eigenvalue weighted by molar-refractivity contribution is 7.15. The number of rotatable bonds is 4. The first-order valence-electron chi connectivity index (χ1n) is 7.29. The molecule has 1 N–H and O–H groups in total. The first-order chi connectivity index (χ1) is 10.6. The van der Waals surface area contributed by atoms with Crippen molar-refractivity contribution >= 4 is 22.2 Å². The Bertz CT molecular complexity index is 717. The molecule has 0 spiro atoms. The highest BCUT2D eigenvalue weighted by Gasteiger charge is 2.16. The quantitative estimate of drug-likeness (QED) is 0.840. The van der Waals surface area contributed by atoms with Crippen LogP contribution < -0.4 is 10.9 Å². The normalized spacial score (nSPS) is 17.0. The van der Waals surface area contributed by atoms with E-state index in [0.717, 1.165) is 32.7 Å². The molecule has 1 aliphatic rings. The number of aromatic nitrogens is 2. The number of carbonyl (C=O) groups is 1. The standard InChI is InChI=1S/C14H19N5O2S/c1-17-4-6-18(7-5-17)3-2-15-12(20)11-10-16-14-19(13(11)21)8-9-22-14/h8-10H,2-7H2,1H3,(H,15,20). The summed E-state index contributed by atoms with van der Waals surface area (Å²) in [5, 5.41) is 4.59. The van der Waals surface area contributed by atoms with Gasteiger partial charge in [-0.3, -0.25) is 18.9 Å². The van der Waals surface area contributed by atoms with Crippen LogP contribution in [-0.2, 0) is 0 Å². The first-order valence-corrected chi connectivity index (χ1v) is 8.17. The van der Waals surface area contributed by atoms with Crippen molar-refractivity contribution < 1.29 is 4.79 Å². The Labute approximate surface area is 132 Å². The van der Waals surface area contributed by atoms with Crippen molar-refractivity contribution in [1.82, 2.24) is 24.5 Å². The minimum atomic E-state index is -0.354. The average Bonchev–Trinajstić information content (AvgIpc) is 2.99. The monoisotopic (exact) mass is 321 g/mol. The summed E-state index contributed by atoms with van der Waals surface area (Å²) in [6.07, 6.45) is 3.00. The van der Waals surface area contributed by atoms with Crippen LogP contribution in [0.5, 0.6) is 0 Å². The molecule has 0 saturated carbocycles. The van der Waals surface area contributed by atoms with Crippen molar-refractivity contribution in [2.24, 2.45) is 0 Å². The molecule has 1 saturated heterocycles. The predicted molar refractivity (Wildman–Crippen MR) is 85.6 cm³/mol. The van der Waals surface area contributed by atoms with Crippen LogP contribution in [0.15, 0.2) is 22.6 Å². The number of nitrogens with zero attached hydrogens (tertiary/aromatic N) is 4. The Hall–Kier alpha value is -1.77. The van der Waals surface area contributed by atoms with Crippen LogP contribution in [0.3, 0.4) is 0 Å². The Morgan fingerprint density at radius 2 is 2.14 bits per heavy atom. The zero-order chi connectivity index (χ0) is 15.5. The number of amides is 1. The van der Waals surface area contributed by atoms with E-state index in [0.29, 0.717) is 11.5 Å². The molecule has 0 bridgehead atoms. The number of carbonyl (C=O) groups excluding carboxylic acids is 1. The molecule has 0 aromatic carbocycles. The van der Waals surface area contributed by atoms with Gasteiger partial charge >= 0.3 is 0 Å². The van der Waals surface area contributed by atoms with E-state index in [2.05, 4.69) is 27.1 Å². The van der Waals surface area contributed by atoms with Gasteiger partial charge in [0.25, 0.3) is 11.5 Å². The summed E-state index contributed by atoms with van der Waals surface area (Å²) in [6, 6.07) is 0. The zero-order valence-corrected chi connectivity index (χ0v) is 13.3. The smallest absolute Gasteiger partial charge is 0.271 e. The number of hydrogen-bond acceptors (Lipinski definition) is 6. The number of thiazole rings is 1. The lowest BCUT2D eigenvalue weighted by molar-refractivity contribution is 0.0939. The summed E-state index contributed by atoms with van der Waals surface area (Å²) in [6.45, 7) is 5.46. The maximum absolute atomic E-state index is 12.2. The molecule has 1 fully saturated rings. The molecule has 0 unspecified atom stereocenters. The lowest BCUT2D eigenvalue weighted by Gasteiger charge is -2.32. The van der Waals surface area contributed by atoms with Crippen molar-refractivity contribution in [3.8, 4) is 0 Å². The van der Waals surface area contributed by atoms with Crippen LogP contribution in [0.2, 0.25) is 0 Å². The molecule has 3 heterocycles. The molecule has 0 radical (unpaired) electrons. The minimum absolute atomic E-state index is 0.0919. The van der Waals surface area contributed by atoms with Gasteiger partial charge in [0.15, 0.2) is 4.96 Å². The van der Waals surface area contributed by atoms with E-state index in [1.807, 2.05) is 0 Å². The second kappa shape index (κ2) is 6.55. The Morgan fingerprint density at radius 1 is 1.36 bits per heavy atom. The Balaban J connectivity index is 1.57. The lowest BCUT2D eigenvalue weighted by atomic mass is 10.3. The van der Waals surface area contributed by atoms with Gasteiger partial charge in [0.1, 0.15) is 5.56 Å². The third-order valence-electron chi connectivity index (χ3n) is 3.90. The molecule has 2 aromatic heterocycles. The van der Waals surface area contributed by atoms with Gasteiger partial charge in [0.2, 0.25) is 0 Å². The van der Waals surface area contributed by atoms with Gasteiger partial charge in [0, 0.05) is 57.0 Å². The zero-order valence-electron chi connectivity index (χ0n) is 12.5. The fraction of sp³-hybridized carbons (Fsp3) is 0.500. The van der Waals surface area contributed by atoms with Crippen LogP contribution in [0.1, 0.15) is 10.4 Å². The van der Waals surface area contributed by atoms with Gasteiger partial charge in [0.05, 0.1) is 0 Å². The fourth-order valence-corrected chi connectivity index (χ4v) is 3.15. The minimum Gasteiger partial charge on any atom is -0.351 e. The number of hydrogen-bond donors (Lipinski definition) is 1. The van der Waals surface area contributed by atoms with E-state index in [1.54, 1.807) is 11.6 Å². The van der Waals surface area contributed by atoms with Crippen LogP contribution >= 0.6 is 11.3 Å². The average molecular weight is 321 g/mol. The molecule has 7 nitrogen and oxygen atoms in total. The summed E-state index contributed by atoms with van der Waals surface area (Å²) >= 11 is 1.37. The second-order valence-electron chi connectivity index (χ2n) is 5.43. The Kier molecular flexibility index (Phi) is 4.51. The molecule has 1 amide bonds. The van der Waals surface area contributed by atoms with Crippen molar-refractivity contribution in [2.45, 2.75) is 0 Å². The predicted octanol–water partition coefficient (Wildman–Crippen LogP) is -0.267. The molecule has 22 heavy (non-hydrogen) atoms. The molecule has 8 heteroatoms. The summed E-state index contributed by atoms with van der Waals surface area (Å²) < 4.78 is 1.40. The molecular weight excluding hydrogens is 302 g/mol. The van der Waals surface area contributed by atoms with Crippen LogP contribution in [0.4, 0.5) is 0 Å². The van der Waals surface area contributed by atoms with Gasteiger partial charge < -0.3 is 10.2 Å². The fourth-order valence-electron chi connectivity index (χ4n) is 2.47. The topological polar surface area (TPSA) is 69.9 Å². The molecular formula is C14H19N5O2S. The van der Waals surface area contributed by atoms with Gasteiger partial charge in [-0.1, -0.05) is 0 Å². The summed E-state index contributed by atoms with van der Waals surface area (Å²) in [4.78, 5) is 33.7. The molecule has 118 valence electrons. The summed E-state index contributed by atoms with van der Waals surface area (Å²) in [7, 11) is 2.11. The summed E-state index contributed by atoms with van der Waals surface area (Å²) in [5.41, 5.74) is -0.224. The van der Waals surface area contributed by atoms with Gasteiger partial charge in [-0.15, -0.1) is 11.3 Å². The SMILES string of the molecule is CN1CCN(CCNC(=O)c2cnc3sccn3c2=O)CC1. The molecule has 0 aliphatic carbocycles. The molecule has 0 atom stereocenters. The van der Waals surface area contributed by atoms with Crippen molar-refractivity contribution in [1.29, 1.82) is 0 Å². The first kappa shape index (κ1) is 15.1. The van der Waals surface area contributed by atoms with Crippen LogP contribution in [0.25, 0.3) is 4.96 Å². The summed E-state index contributed by atoms with van der Waals surface area (Å²) in [5.74, 6) is -0.354. The van der Waals surface area contributed by atoms with Crippen LogP contribution in [0, 0.1) is 0 Å². The lowest BCUT2D eigenvalue weighted by Crippen LogP contribution is -2.47. The maximum atomic E-state index is 12.2. The number of likely N-dealkylation sites (N-methyl/N-ethyl adjacent to an activating group) is 1. The maximum Gasteiger partial charge on any atom is 0.271 e. The number of piperazine rings is 1. The van der Waals surface area contributed by atoms with Gasteiger partial charge in [-0.2, -0.15) is 0 Å².